The second-order valence-corrected chi connectivity index (χ2v) is 6.07. The number of aromatic nitrogens is 5. The van der Waals surface area contributed by atoms with Crippen LogP contribution in [-0.2, 0) is 6.54 Å². The number of rotatable bonds is 6. The molecule has 4 rings (SSSR count). The first kappa shape index (κ1) is 18.6. The Bertz CT molecular complexity index is 1100. The molecule has 0 saturated heterocycles. The summed E-state index contributed by atoms with van der Waals surface area (Å²) in [6.07, 6.45) is 4.19. The summed E-state index contributed by atoms with van der Waals surface area (Å²) in [5.41, 5.74) is 1.95. The van der Waals surface area contributed by atoms with Crippen LogP contribution in [0.1, 0.15) is 12.2 Å². The number of hydrogen-bond donors (Lipinski definition) is 1. The monoisotopic (exact) mass is 396 g/mol. The number of imidazole rings is 1. The number of halogens is 3. The predicted molar refractivity (Wildman–Crippen MR) is 101 cm³/mol. The zero-order valence-electron chi connectivity index (χ0n) is 15.0. The quantitative estimate of drug-likeness (QED) is 0.518. The van der Waals surface area contributed by atoms with Crippen molar-refractivity contribution in [3.63, 3.8) is 0 Å². The van der Waals surface area contributed by atoms with Gasteiger partial charge in [0.2, 0.25) is 5.95 Å². The van der Waals surface area contributed by atoms with Crippen LogP contribution in [0.2, 0.25) is 0 Å². The Kier molecular flexibility index (Phi) is 5.19. The third kappa shape index (κ3) is 4.08. The van der Waals surface area contributed by atoms with E-state index in [4.69, 9.17) is 0 Å². The van der Waals surface area contributed by atoms with Crippen LogP contribution in [0.5, 0.6) is 0 Å². The van der Waals surface area contributed by atoms with Crippen molar-refractivity contribution < 1.29 is 13.2 Å². The first-order valence-corrected chi connectivity index (χ1v) is 8.70. The summed E-state index contributed by atoms with van der Waals surface area (Å²) in [5, 5.41) is 3.03. The molecule has 3 aromatic heterocycles. The Morgan fingerprint density at radius 1 is 0.931 bits per heavy atom. The maximum absolute atomic E-state index is 13.6. The molecule has 9 heteroatoms. The van der Waals surface area contributed by atoms with E-state index >= 15 is 0 Å². The van der Waals surface area contributed by atoms with Crippen molar-refractivity contribution in [2.75, 3.05) is 5.32 Å². The van der Waals surface area contributed by atoms with E-state index in [1.54, 1.807) is 6.20 Å². The molecule has 0 spiro atoms. The van der Waals surface area contributed by atoms with Crippen molar-refractivity contribution >= 4 is 5.95 Å². The fraction of sp³-hybridized carbons (Fsp3) is 0.100. The van der Waals surface area contributed by atoms with Gasteiger partial charge < -0.3 is 5.32 Å². The lowest BCUT2D eigenvalue weighted by Gasteiger charge is -2.10. The second kappa shape index (κ2) is 8.09. The summed E-state index contributed by atoms with van der Waals surface area (Å²) in [4.78, 5) is 16.8. The smallest absolute Gasteiger partial charge is 0.320 e. The van der Waals surface area contributed by atoms with E-state index in [1.165, 1.54) is 36.5 Å². The van der Waals surface area contributed by atoms with Gasteiger partial charge in [-0.2, -0.15) is 8.78 Å². The Hall–Kier alpha value is -3.75. The van der Waals surface area contributed by atoms with Gasteiger partial charge in [-0.05, 0) is 42.5 Å². The fourth-order valence-electron chi connectivity index (χ4n) is 2.83. The zero-order valence-corrected chi connectivity index (χ0v) is 15.0. The van der Waals surface area contributed by atoms with Crippen molar-refractivity contribution in [1.82, 2.24) is 24.5 Å². The molecule has 0 radical (unpaired) electrons. The molecule has 0 amide bonds. The third-order valence-electron chi connectivity index (χ3n) is 4.17. The van der Waals surface area contributed by atoms with Gasteiger partial charge >= 0.3 is 6.55 Å². The van der Waals surface area contributed by atoms with E-state index < -0.39 is 12.4 Å². The van der Waals surface area contributed by atoms with Gasteiger partial charge in [0.1, 0.15) is 12.1 Å². The highest BCUT2D eigenvalue weighted by Gasteiger charge is 2.21. The second-order valence-electron chi connectivity index (χ2n) is 6.07. The van der Waals surface area contributed by atoms with E-state index in [0.717, 1.165) is 16.6 Å². The van der Waals surface area contributed by atoms with Crippen LogP contribution in [0.4, 0.5) is 19.1 Å². The molecule has 0 saturated carbocycles. The molecular weight excluding hydrogens is 381 g/mol. The molecule has 0 aliphatic heterocycles. The first-order chi connectivity index (χ1) is 14.1. The molecule has 1 aromatic carbocycles. The molecule has 0 fully saturated rings. The molecule has 1 N–H and O–H groups in total. The van der Waals surface area contributed by atoms with Crippen molar-refractivity contribution in [3.05, 3.63) is 78.8 Å². The van der Waals surface area contributed by atoms with E-state index in [0.29, 0.717) is 12.1 Å². The number of nitrogens with zero attached hydrogens (tertiary/aromatic N) is 5. The highest BCUT2D eigenvalue weighted by Crippen LogP contribution is 2.33. The Morgan fingerprint density at radius 2 is 1.76 bits per heavy atom. The molecule has 4 aromatic rings. The van der Waals surface area contributed by atoms with Crippen molar-refractivity contribution in [1.29, 1.82) is 0 Å². The van der Waals surface area contributed by atoms with Gasteiger partial charge in [0.05, 0.1) is 29.3 Å². The summed E-state index contributed by atoms with van der Waals surface area (Å²) in [5.74, 6) is -0.160. The Balaban J connectivity index is 1.70. The summed E-state index contributed by atoms with van der Waals surface area (Å²) in [6.45, 7) is -2.44. The standard InChI is InChI=1S/C20H15F3N6/c21-14-6-4-13(5-7-14)17-18(29(12-27-17)19(22)23)16-8-10-25-20(28-16)26-11-15-3-1-2-9-24-15/h1-10,12,19H,11H2,(H,25,26,28). The van der Waals surface area contributed by atoms with Crippen molar-refractivity contribution in [3.8, 4) is 22.6 Å². The minimum Gasteiger partial charge on any atom is -0.349 e. The van der Waals surface area contributed by atoms with Crippen molar-refractivity contribution in [2.45, 2.75) is 13.1 Å². The third-order valence-corrected chi connectivity index (χ3v) is 4.17. The van der Waals surface area contributed by atoms with Gasteiger partial charge in [-0.15, -0.1) is 0 Å². The number of alkyl halides is 2. The normalized spacial score (nSPS) is 11.0. The lowest BCUT2D eigenvalue weighted by molar-refractivity contribution is 0.0718. The maximum atomic E-state index is 13.6. The fourth-order valence-corrected chi connectivity index (χ4v) is 2.83. The van der Waals surface area contributed by atoms with Crippen LogP contribution in [-0.4, -0.2) is 24.5 Å². The van der Waals surface area contributed by atoms with Gasteiger partial charge in [0, 0.05) is 18.0 Å². The molecule has 29 heavy (non-hydrogen) atoms. The number of anilines is 1. The van der Waals surface area contributed by atoms with Crippen LogP contribution >= 0.6 is 0 Å². The van der Waals surface area contributed by atoms with E-state index in [9.17, 15) is 13.2 Å². The average Bonchev–Trinajstić information content (AvgIpc) is 3.19. The lowest BCUT2D eigenvalue weighted by Crippen LogP contribution is -2.06. The molecule has 0 atom stereocenters. The highest BCUT2D eigenvalue weighted by atomic mass is 19.3. The van der Waals surface area contributed by atoms with Gasteiger partial charge in [-0.3, -0.25) is 9.55 Å². The van der Waals surface area contributed by atoms with Gasteiger partial charge in [0.15, 0.2) is 0 Å². The maximum Gasteiger partial charge on any atom is 0.320 e. The summed E-state index contributed by atoms with van der Waals surface area (Å²) >= 11 is 0. The molecule has 0 aliphatic rings. The number of nitrogens with one attached hydrogen (secondary N) is 1. The van der Waals surface area contributed by atoms with Crippen LogP contribution in [0, 0.1) is 5.82 Å². The number of benzene rings is 1. The molecule has 6 nitrogen and oxygen atoms in total. The molecule has 0 bridgehead atoms. The van der Waals surface area contributed by atoms with E-state index in [-0.39, 0.29) is 23.0 Å². The minimum atomic E-state index is -2.81. The summed E-state index contributed by atoms with van der Waals surface area (Å²) in [7, 11) is 0. The molecule has 3 heterocycles. The summed E-state index contributed by atoms with van der Waals surface area (Å²) < 4.78 is 41.1. The largest absolute Gasteiger partial charge is 0.349 e. The molecule has 0 unspecified atom stereocenters. The summed E-state index contributed by atoms with van der Waals surface area (Å²) in [6, 6.07) is 12.5. The van der Waals surface area contributed by atoms with Gasteiger partial charge in [-0.1, -0.05) is 6.07 Å². The predicted octanol–water partition coefficient (Wildman–Crippen LogP) is 4.55. The number of hydrogen-bond acceptors (Lipinski definition) is 5. The lowest BCUT2D eigenvalue weighted by atomic mass is 10.1. The minimum absolute atomic E-state index is 0.120. The Labute approximate surface area is 164 Å². The van der Waals surface area contributed by atoms with Crippen LogP contribution in [0.25, 0.3) is 22.6 Å². The van der Waals surface area contributed by atoms with Crippen LogP contribution < -0.4 is 5.32 Å². The molecular formula is C20H15F3N6. The zero-order chi connectivity index (χ0) is 20.2. The van der Waals surface area contributed by atoms with Gasteiger partial charge in [0.25, 0.3) is 0 Å². The molecule has 146 valence electrons. The van der Waals surface area contributed by atoms with Gasteiger partial charge in [-0.25, -0.2) is 19.3 Å². The molecule has 0 aliphatic carbocycles. The van der Waals surface area contributed by atoms with Crippen molar-refractivity contribution in [2.24, 2.45) is 0 Å². The number of pyridine rings is 1. The Morgan fingerprint density at radius 3 is 2.48 bits per heavy atom. The SMILES string of the molecule is Fc1ccc(-c2ncn(C(F)F)c2-c2ccnc(NCc3ccccn3)n2)cc1. The topological polar surface area (TPSA) is 68.5 Å². The highest BCUT2D eigenvalue weighted by molar-refractivity contribution is 5.77. The van der Waals surface area contributed by atoms with Crippen LogP contribution in [0.3, 0.4) is 0 Å². The first-order valence-electron chi connectivity index (χ1n) is 8.70. The van der Waals surface area contributed by atoms with E-state index in [1.807, 2.05) is 18.2 Å². The average molecular weight is 396 g/mol. The van der Waals surface area contributed by atoms with E-state index in [2.05, 4.69) is 25.3 Å². The van der Waals surface area contributed by atoms with Crippen LogP contribution in [0.15, 0.2) is 67.3 Å².